The number of ether oxygens (including phenoxy) is 1. The zero-order chi connectivity index (χ0) is 13.3. The predicted octanol–water partition coefficient (Wildman–Crippen LogP) is 1.56. The highest BCUT2D eigenvalue weighted by Gasteiger charge is 2.20. The van der Waals surface area contributed by atoms with E-state index in [0.29, 0.717) is 19.1 Å². The molecule has 0 heterocycles. The molecule has 1 fully saturated rings. The quantitative estimate of drug-likeness (QED) is 0.424. The molecule has 4 nitrogen and oxygen atoms in total. The van der Waals surface area contributed by atoms with Crippen molar-refractivity contribution in [2.45, 2.75) is 19.3 Å². The van der Waals surface area contributed by atoms with E-state index in [1.54, 1.807) is 0 Å². The molecule has 0 radical (unpaired) electrons. The Morgan fingerprint density at radius 3 is 2.84 bits per heavy atom. The second-order valence-electron chi connectivity index (χ2n) is 4.95. The summed E-state index contributed by atoms with van der Waals surface area (Å²) in [5.41, 5.74) is 7.08. The molecule has 19 heavy (non-hydrogen) atoms. The second kappa shape index (κ2) is 7.79. The van der Waals surface area contributed by atoms with E-state index in [4.69, 9.17) is 10.5 Å². The first kappa shape index (κ1) is 13.9. The van der Waals surface area contributed by atoms with E-state index in [9.17, 15) is 0 Å². The number of nitrogens with one attached hydrogen (secondary N) is 1. The third kappa shape index (κ3) is 6.25. The Morgan fingerprint density at radius 1 is 1.32 bits per heavy atom. The fourth-order valence-corrected chi connectivity index (χ4v) is 1.80. The van der Waals surface area contributed by atoms with E-state index < -0.39 is 0 Å². The van der Waals surface area contributed by atoms with Crippen molar-refractivity contribution in [2.24, 2.45) is 16.6 Å². The number of aliphatic imine (C=N–C) groups is 1. The van der Waals surface area contributed by atoms with E-state index in [1.807, 2.05) is 18.2 Å². The minimum atomic E-state index is 0.506. The maximum absolute atomic E-state index is 5.78. The molecule has 4 heteroatoms. The van der Waals surface area contributed by atoms with E-state index in [0.717, 1.165) is 25.5 Å². The lowest BCUT2D eigenvalue weighted by molar-refractivity contribution is 0.132. The van der Waals surface area contributed by atoms with Gasteiger partial charge >= 0.3 is 0 Å². The summed E-state index contributed by atoms with van der Waals surface area (Å²) in [6, 6.07) is 10.3. The lowest BCUT2D eigenvalue weighted by atomic mass is 10.1. The van der Waals surface area contributed by atoms with Gasteiger partial charge in [0.05, 0.1) is 13.2 Å². The molecular formula is C15H23N3O. The van der Waals surface area contributed by atoms with Crippen LogP contribution in [0.3, 0.4) is 0 Å². The van der Waals surface area contributed by atoms with Crippen molar-refractivity contribution < 1.29 is 4.74 Å². The number of rotatable bonds is 8. The Balaban J connectivity index is 1.51. The molecule has 1 saturated carbocycles. The Morgan fingerprint density at radius 2 is 2.11 bits per heavy atom. The predicted molar refractivity (Wildman–Crippen MR) is 78.2 cm³/mol. The van der Waals surface area contributed by atoms with Gasteiger partial charge in [-0.1, -0.05) is 30.3 Å². The van der Waals surface area contributed by atoms with Gasteiger partial charge in [-0.2, -0.15) is 0 Å². The summed E-state index contributed by atoms with van der Waals surface area (Å²) in [7, 11) is 0. The lowest BCUT2D eigenvalue weighted by Gasteiger charge is -2.06. The zero-order valence-corrected chi connectivity index (χ0v) is 11.3. The van der Waals surface area contributed by atoms with Crippen molar-refractivity contribution in [3.05, 3.63) is 35.9 Å². The van der Waals surface area contributed by atoms with Crippen LogP contribution in [-0.4, -0.2) is 32.3 Å². The molecule has 1 aromatic rings. The molecular weight excluding hydrogens is 238 g/mol. The molecule has 1 aliphatic rings. The van der Waals surface area contributed by atoms with Crippen LogP contribution in [0.15, 0.2) is 35.3 Å². The molecule has 0 atom stereocenters. The Labute approximate surface area is 115 Å². The normalized spacial score (nSPS) is 15.5. The summed E-state index contributed by atoms with van der Waals surface area (Å²) < 4.78 is 5.49. The van der Waals surface area contributed by atoms with Crippen LogP contribution in [0, 0.1) is 5.92 Å². The number of hydrogen-bond donors (Lipinski definition) is 2. The Bertz CT molecular complexity index is 388. The first-order valence-electron chi connectivity index (χ1n) is 7.00. The topological polar surface area (TPSA) is 59.6 Å². The number of hydrogen-bond acceptors (Lipinski definition) is 2. The second-order valence-corrected chi connectivity index (χ2v) is 4.95. The molecule has 0 saturated heterocycles. The number of benzene rings is 1. The van der Waals surface area contributed by atoms with Gasteiger partial charge in [0.1, 0.15) is 0 Å². The van der Waals surface area contributed by atoms with Crippen molar-refractivity contribution >= 4 is 5.96 Å². The van der Waals surface area contributed by atoms with Gasteiger partial charge in [0.2, 0.25) is 0 Å². The molecule has 0 aromatic heterocycles. The van der Waals surface area contributed by atoms with Crippen LogP contribution in [0.1, 0.15) is 18.4 Å². The third-order valence-corrected chi connectivity index (χ3v) is 3.13. The molecule has 0 bridgehead atoms. The average Bonchev–Trinajstić information content (AvgIpc) is 3.24. The summed E-state index contributed by atoms with van der Waals surface area (Å²) in [5.74, 6) is 1.32. The molecule has 0 amide bonds. The fourth-order valence-electron chi connectivity index (χ4n) is 1.80. The van der Waals surface area contributed by atoms with Gasteiger partial charge in [0, 0.05) is 13.2 Å². The van der Waals surface area contributed by atoms with Gasteiger partial charge < -0.3 is 15.8 Å². The number of guanidine groups is 1. The summed E-state index contributed by atoms with van der Waals surface area (Å²) in [4.78, 5) is 4.23. The highest BCUT2D eigenvalue weighted by Crippen LogP contribution is 2.28. The standard InChI is InChI=1S/C15H23N3O/c16-15(18-10-11-19-12-14-6-7-14)17-9-8-13-4-2-1-3-5-13/h1-5,14H,6-12H2,(H3,16,17,18). The van der Waals surface area contributed by atoms with Gasteiger partial charge in [0.25, 0.3) is 0 Å². The molecule has 0 spiro atoms. The van der Waals surface area contributed by atoms with E-state index in [1.165, 1.54) is 18.4 Å². The minimum absolute atomic E-state index is 0.506. The van der Waals surface area contributed by atoms with Crippen LogP contribution < -0.4 is 11.1 Å². The van der Waals surface area contributed by atoms with Crippen LogP contribution >= 0.6 is 0 Å². The first-order chi connectivity index (χ1) is 9.34. The molecule has 2 rings (SSSR count). The van der Waals surface area contributed by atoms with Crippen LogP contribution in [0.5, 0.6) is 0 Å². The van der Waals surface area contributed by atoms with Gasteiger partial charge in [-0.05, 0) is 30.7 Å². The maximum atomic E-state index is 5.78. The highest BCUT2D eigenvalue weighted by atomic mass is 16.5. The van der Waals surface area contributed by atoms with Crippen LogP contribution in [-0.2, 0) is 11.2 Å². The van der Waals surface area contributed by atoms with Gasteiger partial charge in [0.15, 0.2) is 5.96 Å². The zero-order valence-electron chi connectivity index (χ0n) is 11.3. The molecule has 104 valence electrons. The first-order valence-corrected chi connectivity index (χ1v) is 7.00. The Kier molecular flexibility index (Phi) is 5.69. The van der Waals surface area contributed by atoms with E-state index in [-0.39, 0.29) is 0 Å². The van der Waals surface area contributed by atoms with Crippen LogP contribution in [0.2, 0.25) is 0 Å². The van der Waals surface area contributed by atoms with Gasteiger partial charge in [-0.3, -0.25) is 4.99 Å². The minimum Gasteiger partial charge on any atom is -0.379 e. The summed E-state index contributed by atoms with van der Waals surface area (Å²) in [5, 5.41) is 3.12. The maximum Gasteiger partial charge on any atom is 0.188 e. The lowest BCUT2D eigenvalue weighted by Crippen LogP contribution is -2.33. The average molecular weight is 261 g/mol. The van der Waals surface area contributed by atoms with Gasteiger partial charge in [-0.25, -0.2) is 0 Å². The molecule has 1 aliphatic carbocycles. The fraction of sp³-hybridized carbons (Fsp3) is 0.533. The van der Waals surface area contributed by atoms with Crippen molar-refractivity contribution in [3.8, 4) is 0 Å². The van der Waals surface area contributed by atoms with Crippen LogP contribution in [0.4, 0.5) is 0 Å². The van der Waals surface area contributed by atoms with Crippen LogP contribution in [0.25, 0.3) is 0 Å². The highest BCUT2D eigenvalue weighted by molar-refractivity contribution is 5.77. The number of nitrogens with zero attached hydrogens (tertiary/aromatic N) is 1. The number of nitrogens with two attached hydrogens (primary N) is 1. The van der Waals surface area contributed by atoms with Crippen molar-refractivity contribution in [2.75, 3.05) is 26.3 Å². The third-order valence-electron chi connectivity index (χ3n) is 3.13. The largest absolute Gasteiger partial charge is 0.379 e. The summed E-state index contributed by atoms with van der Waals surface area (Å²) in [6.45, 7) is 2.99. The van der Waals surface area contributed by atoms with Crippen molar-refractivity contribution in [1.82, 2.24) is 5.32 Å². The Hall–Kier alpha value is -1.55. The monoisotopic (exact) mass is 261 g/mol. The smallest absolute Gasteiger partial charge is 0.188 e. The summed E-state index contributed by atoms with van der Waals surface area (Å²) in [6.07, 6.45) is 3.61. The van der Waals surface area contributed by atoms with E-state index in [2.05, 4.69) is 22.4 Å². The van der Waals surface area contributed by atoms with Gasteiger partial charge in [-0.15, -0.1) is 0 Å². The van der Waals surface area contributed by atoms with Crippen molar-refractivity contribution in [1.29, 1.82) is 0 Å². The summed E-state index contributed by atoms with van der Waals surface area (Å²) >= 11 is 0. The molecule has 0 unspecified atom stereocenters. The SMILES string of the molecule is NC(=NCCOCC1CC1)NCCc1ccccc1. The molecule has 1 aromatic carbocycles. The molecule has 3 N–H and O–H groups in total. The van der Waals surface area contributed by atoms with Crippen molar-refractivity contribution in [3.63, 3.8) is 0 Å². The van der Waals surface area contributed by atoms with E-state index >= 15 is 0 Å². The molecule has 0 aliphatic heterocycles.